The summed E-state index contributed by atoms with van der Waals surface area (Å²) in [6.45, 7) is 7.62. The van der Waals surface area contributed by atoms with Gasteiger partial charge in [-0.05, 0) is 39.8 Å². The summed E-state index contributed by atoms with van der Waals surface area (Å²) >= 11 is 0. The second kappa shape index (κ2) is 6.94. The van der Waals surface area contributed by atoms with E-state index in [1.165, 1.54) is 12.1 Å². The Morgan fingerprint density at radius 3 is 2.40 bits per heavy atom. The quantitative estimate of drug-likeness (QED) is 0.706. The normalized spacial score (nSPS) is 31.2. The predicted molar refractivity (Wildman–Crippen MR) is 88.4 cm³/mol. The molecule has 2 saturated heterocycles. The molecule has 4 atom stereocenters. The maximum absolute atomic E-state index is 12.3. The minimum Gasteiger partial charge on any atom is -0.350 e. The second-order valence-corrected chi connectivity index (χ2v) is 8.23. The summed E-state index contributed by atoms with van der Waals surface area (Å²) in [7, 11) is -3.87. The third kappa shape index (κ3) is 4.05. The van der Waals surface area contributed by atoms with Gasteiger partial charge in [0, 0.05) is 6.61 Å². The van der Waals surface area contributed by atoms with Crippen molar-refractivity contribution in [3.63, 3.8) is 0 Å². The van der Waals surface area contributed by atoms with Crippen LogP contribution in [-0.2, 0) is 33.2 Å². The van der Waals surface area contributed by atoms with Crippen molar-refractivity contribution in [3.8, 4) is 0 Å². The van der Waals surface area contributed by atoms with E-state index in [1.807, 2.05) is 13.8 Å². The van der Waals surface area contributed by atoms with E-state index < -0.39 is 40.5 Å². The summed E-state index contributed by atoms with van der Waals surface area (Å²) in [5.74, 6) is -0.775. The van der Waals surface area contributed by atoms with Crippen LogP contribution in [0.3, 0.4) is 0 Å². The lowest BCUT2D eigenvalue weighted by atomic mass is 10.1. The molecule has 2 fully saturated rings. The summed E-state index contributed by atoms with van der Waals surface area (Å²) in [5.41, 5.74) is 0.971. The van der Waals surface area contributed by atoms with Crippen LogP contribution in [0.25, 0.3) is 0 Å². The van der Waals surface area contributed by atoms with Crippen LogP contribution in [0.4, 0.5) is 0 Å². The Morgan fingerprint density at radius 2 is 1.76 bits per heavy atom. The van der Waals surface area contributed by atoms with Gasteiger partial charge in [-0.25, -0.2) is 0 Å². The van der Waals surface area contributed by atoms with Crippen molar-refractivity contribution < 1.29 is 31.5 Å². The highest BCUT2D eigenvalue weighted by molar-refractivity contribution is 7.86. The Morgan fingerprint density at radius 1 is 1.12 bits per heavy atom. The Hall–Kier alpha value is -1.03. The van der Waals surface area contributed by atoms with E-state index >= 15 is 0 Å². The molecule has 0 radical (unpaired) electrons. The van der Waals surface area contributed by atoms with E-state index in [9.17, 15) is 8.42 Å². The molecular weight excluding hydrogens is 348 g/mol. The van der Waals surface area contributed by atoms with Gasteiger partial charge in [-0.15, -0.1) is 0 Å². The average molecular weight is 372 g/mol. The Kier molecular flexibility index (Phi) is 5.21. The Labute approximate surface area is 148 Å². The molecule has 25 heavy (non-hydrogen) atoms. The van der Waals surface area contributed by atoms with E-state index in [1.54, 1.807) is 26.0 Å². The third-order valence-electron chi connectivity index (χ3n) is 4.14. The maximum Gasteiger partial charge on any atom is 0.297 e. The number of hydrogen-bond acceptors (Lipinski definition) is 7. The van der Waals surface area contributed by atoms with Crippen LogP contribution in [0.15, 0.2) is 29.2 Å². The van der Waals surface area contributed by atoms with Crippen LogP contribution < -0.4 is 0 Å². The molecule has 2 heterocycles. The van der Waals surface area contributed by atoms with Crippen molar-refractivity contribution in [3.05, 3.63) is 29.8 Å². The summed E-state index contributed by atoms with van der Waals surface area (Å²) in [6, 6.07) is 6.48. The third-order valence-corrected chi connectivity index (χ3v) is 5.43. The van der Waals surface area contributed by atoms with E-state index in [2.05, 4.69) is 0 Å². The van der Waals surface area contributed by atoms with Crippen molar-refractivity contribution in [2.24, 2.45) is 0 Å². The number of ether oxygens (including phenoxy) is 4. The lowest BCUT2D eigenvalue weighted by Crippen LogP contribution is -2.33. The molecule has 0 spiro atoms. The zero-order chi connectivity index (χ0) is 18.2. The lowest BCUT2D eigenvalue weighted by Gasteiger charge is -2.23. The monoisotopic (exact) mass is 372 g/mol. The zero-order valence-electron chi connectivity index (χ0n) is 14.8. The highest BCUT2D eigenvalue weighted by Gasteiger charge is 2.56. The Bertz CT molecular complexity index is 698. The van der Waals surface area contributed by atoms with Crippen molar-refractivity contribution in [2.75, 3.05) is 13.2 Å². The van der Waals surface area contributed by atoms with Crippen molar-refractivity contribution >= 4 is 10.1 Å². The number of hydrogen-bond donors (Lipinski definition) is 0. The molecule has 0 aliphatic carbocycles. The number of fused-ring (bicyclic) bond motifs is 1. The summed E-state index contributed by atoms with van der Waals surface area (Å²) in [4.78, 5) is 0.109. The number of rotatable bonds is 6. The molecule has 0 aromatic heterocycles. The molecule has 3 rings (SSSR count). The predicted octanol–water partition coefficient (Wildman–Crippen LogP) is 1.98. The summed E-state index contributed by atoms with van der Waals surface area (Å²) in [5, 5.41) is 0. The fraction of sp³-hybridized carbons (Fsp3) is 0.647. The highest BCUT2D eigenvalue weighted by atomic mass is 32.2. The van der Waals surface area contributed by atoms with E-state index in [0.717, 1.165) is 5.56 Å². The van der Waals surface area contributed by atoms with E-state index in [4.69, 9.17) is 23.1 Å². The zero-order valence-corrected chi connectivity index (χ0v) is 15.6. The average Bonchev–Trinajstić information content (AvgIpc) is 3.00. The SMILES string of the molecule is CCOC1OC(COS(=O)(=O)c2ccc(C)cc2)C2OC(C)(C)OC12. The highest BCUT2D eigenvalue weighted by Crippen LogP contribution is 2.39. The molecule has 0 saturated carbocycles. The van der Waals surface area contributed by atoms with Crippen LogP contribution in [0.2, 0.25) is 0 Å². The first-order valence-corrected chi connectivity index (χ1v) is 9.71. The molecule has 2 aliphatic heterocycles. The molecule has 0 amide bonds. The molecule has 2 aliphatic rings. The van der Waals surface area contributed by atoms with Crippen molar-refractivity contribution in [1.82, 2.24) is 0 Å². The fourth-order valence-electron chi connectivity index (χ4n) is 3.00. The smallest absolute Gasteiger partial charge is 0.297 e. The molecule has 140 valence electrons. The van der Waals surface area contributed by atoms with Gasteiger partial charge in [0.2, 0.25) is 0 Å². The molecule has 4 unspecified atom stereocenters. The van der Waals surface area contributed by atoms with Crippen LogP contribution >= 0.6 is 0 Å². The molecule has 0 bridgehead atoms. The van der Waals surface area contributed by atoms with E-state index in [-0.39, 0.29) is 11.5 Å². The van der Waals surface area contributed by atoms with Gasteiger partial charge in [-0.2, -0.15) is 8.42 Å². The maximum atomic E-state index is 12.3. The topological polar surface area (TPSA) is 80.3 Å². The molecule has 1 aromatic rings. The Balaban J connectivity index is 1.69. The first-order valence-electron chi connectivity index (χ1n) is 8.30. The molecule has 7 nitrogen and oxygen atoms in total. The van der Waals surface area contributed by atoms with Gasteiger partial charge in [-0.3, -0.25) is 4.18 Å². The standard InChI is InChI=1S/C17H24O7S/c1-5-20-16-15-14(23-17(3,4)24-15)13(22-16)10-21-25(18,19)12-8-6-11(2)7-9-12/h6-9,13-16H,5,10H2,1-4H3. The van der Waals surface area contributed by atoms with Crippen LogP contribution in [0.1, 0.15) is 26.3 Å². The van der Waals surface area contributed by atoms with Gasteiger partial charge in [0.1, 0.15) is 18.3 Å². The minimum absolute atomic E-state index is 0.109. The molecular formula is C17H24O7S. The molecule has 0 N–H and O–H groups in total. The molecule has 1 aromatic carbocycles. The summed E-state index contributed by atoms with van der Waals surface area (Å²) < 4.78 is 52.8. The number of aryl methyl sites for hydroxylation is 1. The van der Waals surface area contributed by atoms with Gasteiger partial charge in [0.15, 0.2) is 12.1 Å². The van der Waals surface area contributed by atoms with Crippen LogP contribution in [0.5, 0.6) is 0 Å². The van der Waals surface area contributed by atoms with Crippen molar-refractivity contribution in [2.45, 2.75) is 63.0 Å². The minimum atomic E-state index is -3.87. The van der Waals surface area contributed by atoms with Crippen LogP contribution in [-0.4, -0.2) is 52.0 Å². The van der Waals surface area contributed by atoms with Crippen LogP contribution in [0, 0.1) is 6.92 Å². The van der Waals surface area contributed by atoms with Gasteiger partial charge < -0.3 is 18.9 Å². The second-order valence-electron chi connectivity index (χ2n) is 6.61. The fourth-order valence-corrected chi connectivity index (χ4v) is 3.92. The first kappa shape index (κ1) is 18.8. The molecule has 8 heteroatoms. The number of benzene rings is 1. The van der Waals surface area contributed by atoms with Gasteiger partial charge in [-0.1, -0.05) is 17.7 Å². The van der Waals surface area contributed by atoms with E-state index in [0.29, 0.717) is 6.61 Å². The van der Waals surface area contributed by atoms with Crippen molar-refractivity contribution in [1.29, 1.82) is 0 Å². The first-order chi connectivity index (χ1) is 11.7. The van der Waals surface area contributed by atoms with Gasteiger partial charge in [0.05, 0.1) is 11.5 Å². The lowest BCUT2D eigenvalue weighted by molar-refractivity contribution is -0.234. The summed E-state index contributed by atoms with van der Waals surface area (Å²) in [6.07, 6.45) is -2.05. The van der Waals surface area contributed by atoms with Gasteiger partial charge >= 0.3 is 0 Å². The largest absolute Gasteiger partial charge is 0.350 e. The van der Waals surface area contributed by atoms with Gasteiger partial charge in [0.25, 0.3) is 10.1 Å².